The largest absolute Gasteiger partial charge is 0.325 e. The van der Waals surface area contributed by atoms with Crippen LogP contribution >= 0.6 is 11.6 Å². The van der Waals surface area contributed by atoms with Crippen LogP contribution in [0.5, 0.6) is 0 Å². The van der Waals surface area contributed by atoms with Gasteiger partial charge in [-0.3, -0.25) is 4.79 Å². The summed E-state index contributed by atoms with van der Waals surface area (Å²) in [6.45, 7) is 0.935. The maximum atomic E-state index is 14.3. The van der Waals surface area contributed by atoms with E-state index < -0.39 is 5.95 Å². The Morgan fingerprint density at radius 2 is 2.06 bits per heavy atom. The van der Waals surface area contributed by atoms with Crippen molar-refractivity contribution in [2.45, 2.75) is 19.3 Å². The molecule has 4 rings (SSSR count). The summed E-state index contributed by atoms with van der Waals surface area (Å²) >= 11 is 6.08. The molecule has 9 heteroatoms. The molecule has 7 nitrogen and oxygen atoms in total. The molecule has 0 saturated carbocycles. The second kappa shape index (κ2) is 8.95. The number of amides is 1. The zero-order valence-corrected chi connectivity index (χ0v) is 18.0. The molecule has 3 heterocycles. The van der Waals surface area contributed by atoms with Gasteiger partial charge in [0.15, 0.2) is 0 Å². The molecule has 0 fully saturated rings. The van der Waals surface area contributed by atoms with Crippen LogP contribution in [0.1, 0.15) is 17.5 Å². The van der Waals surface area contributed by atoms with E-state index in [2.05, 4.69) is 30.5 Å². The number of fused-ring (bicyclic) bond motifs is 3. The Morgan fingerprint density at radius 1 is 1.23 bits per heavy atom. The van der Waals surface area contributed by atoms with Gasteiger partial charge in [-0.2, -0.15) is 4.39 Å². The van der Waals surface area contributed by atoms with Crippen LogP contribution in [0.3, 0.4) is 0 Å². The topological polar surface area (TPSA) is 83.0 Å². The predicted octanol–water partition coefficient (Wildman–Crippen LogP) is 4.06. The second-order valence-corrected chi connectivity index (χ2v) is 8.13. The third kappa shape index (κ3) is 4.98. The fraction of sp³-hybridized carbons (Fsp3) is 0.273. The van der Waals surface area contributed by atoms with E-state index in [1.807, 2.05) is 14.1 Å². The Hall–Kier alpha value is -3.10. The number of pyridine rings is 1. The van der Waals surface area contributed by atoms with E-state index in [9.17, 15) is 9.18 Å². The van der Waals surface area contributed by atoms with Crippen LogP contribution < -0.4 is 10.6 Å². The van der Waals surface area contributed by atoms with Crippen molar-refractivity contribution in [3.63, 3.8) is 0 Å². The van der Waals surface area contributed by atoms with Crippen LogP contribution in [0.15, 0.2) is 36.7 Å². The smallest absolute Gasteiger partial charge is 0.236 e. The number of hydrogen-bond acceptors (Lipinski definition) is 6. The van der Waals surface area contributed by atoms with E-state index in [0.29, 0.717) is 22.0 Å². The number of anilines is 3. The first-order valence-electron chi connectivity index (χ1n) is 9.91. The first-order valence-corrected chi connectivity index (χ1v) is 10.3. The molecule has 160 valence electrons. The molecule has 1 aromatic carbocycles. The van der Waals surface area contributed by atoms with Gasteiger partial charge in [0.05, 0.1) is 23.5 Å². The maximum absolute atomic E-state index is 14.3. The fourth-order valence-corrected chi connectivity index (χ4v) is 3.63. The standard InChI is InChI=1S/C22H22ClFN6O/c1-30(2)7-3-4-13-8-18(21(24)25-11-13)28-22-26-12-14-9-19(31)27-17-10-15(23)5-6-16(17)20(14)29-22/h5-6,8,10-12H,3-4,7,9H2,1-2H3,(H,27,31)(H,26,28,29). The number of carbonyl (C=O) groups is 1. The van der Waals surface area contributed by atoms with Crippen LogP contribution in [-0.2, 0) is 17.6 Å². The molecule has 2 aromatic heterocycles. The number of aryl methyl sites for hydroxylation is 1. The highest BCUT2D eigenvalue weighted by atomic mass is 35.5. The summed E-state index contributed by atoms with van der Waals surface area (Å²) in [5.74, 6) is -0.577. The highest BCUT2D eigenvalue weighted by molar-refractivity contribution is 6.31. The maximum Gasteiger partial charge on any atom is 0.236 e. The number of hydrogen-bond donors (Lipinski definition) is 2. The Balaban J connectivity index is 1.63. The molecule has 3 aromatic rings. The first kappa shape index (κ1) is 21.1. The highest BCUT2D eigenvalue weighted by Crippen LogP contribution is 2.35. The van der Waals surface area contributed by atoms with Crippen molar-refractivity contribution in [2.75, 3.05) is 31.3 Å². The quantitative estimate of drug-likeness (QED) is 0.562. The molecule has 0 aliphatic carbocycles. The van der Waals surface area contributed by atoms with Crippen LogP contribution in [0.4, 0.5) is 21.7 Å². The molecule has 0 bridgehead atoms. The average molecular weight is 441 g/mol. The van der Waals surface area contributed by atoms with Crippen LogP contribution in [-0.4, -0.2) is 46.4 Å². The van der Waals surface area contributed by atoms with E-state index in [0.717, 1.165) is 30.5 Å². The van der Waals surface area contributed by atoms with Crippen molar-refractivity contribution in [1.82, 2.24) is 19.9 Å². The summed E-state index contributed by atoms with van der Waals surface area (Å²) in [5.41, 5.74) is 3.72. The van der Waals surface area contributed by atoms with E-state index in [4.69, 9.17) is 11.6 Å². The van der Waals surface area contributed by atoms with Crippen molar-refractivity contribution in [1.29, 1.82) is 0 Å². The van der Waals surface area contributed by atoms with Crippen molar-refractivity contribution < 1.29 is 9.18 Å². The van der Waals surface area contributed by atoms with Gasteiger partial charge in [0.1, 0.15) is 0 Å². The van der Waals surface area contributed by atoms with Crippen molar-refractivity contribution in [3.05, 3.63) is 58.8 Å². The van der Waals surface area contributed by atoms with E-state index in [1.54, 1.807) is 36.7 Å². The van der Waals surface area contributed by atoms with Gasteiger partial charge in [0, 0.05) is 28.5 Å². The normalized spacial score (nSPS) is 12.7. The molecule has 0 saturated heterocycles. The van der Waals surface area contributed by atoms with Crippen molar-refractivity contribution in [3.8, 4) is 11.3 Å². The minimum atomic E-state index is -0.626. The lowest BCUT2D eigenvalue weighted by Gasteiger charge is -2.12. The highest BCUT2D eigenvalue weighted by Gasteiger charge is 2.21. The lowest BCUT2D eigenvalue weighted by Crippen LogP contribution is -2.13. The minimum absolute atomic E-state index is 0.138. The van der Waals surface area contributed by atoms with Crippen LogP contribution in [0.25, 0.3) is 11.3 Å². The second-order valence-electron chi connectivity index (χ2n) is 7.70. The Kier molecular flexibility index (Phi) is 6.11. The zero-order chi connectivity index (χ0) is 22.0. The summed E-state index contributed by atoms with van der Waals surface area (Å²) in [6, 6.07) is 6.94. The van der Waals surface area contributed by atoms with Gasteiger partial charge in [-0.1, -0.05) is 11.6 Å². The lowest BCUT2D eigenvalue weighted by atomic mass is 10.1. The molecule has 0 spiro atoms. The Bertz CT molecular complexity index is 1140. The summed E-state index contributed by atoms with van der Waals surface area (Å²) in [4.78, 5) is 27.0. The van der Waals surface area contributed by atoms with Gasteiger partial charge in [0.2, 0.25) is 17.8 Å². The minimum Gasteiger partial charge on any atom is -0.325 e. The molecular formula is C22H22ClFN6O. The molecule has 0 atom stereocenters. The van der Waals surface area contributed by atoms with Gasteiger partial charge in [-0.25, -0.2) is 15.0 Å². The molecule has 1 aliphatic heterocycles. The number of nitrogens with zero attached hydrogens (tertiary/aromatic N) is 4. The Morgan fingerprint density at radius 3 is 2.87 bits per heavy atom. The van der Waals surface area contributed by atoms with Gasteiger partial charge in [0.25, 0.3) is 0 Å². The SMILES string of the molecule is CN(C)CCCc1cnc(F)c(Nc2ncc3c(n2)-c2ccc(Cl)cc2NC(=O)C3)c1. The molecule has 2 N–H and O–H groups in total. The van der Waals surface area contributed by atoms with Gasteiger partial charge < -0.3 is 15.5 Å². The van der Waals surface area contributed by atoms with Crippen molar-refractivity contribution >= 4 is 34.8 Å². The third-order valence-electron chi connectivity index (χ3n) is 4.94. The van der Waals surface area contributed by atoms with E-state index >= 15 is 0 Å². The van der Waals surface area contributed by atoms with E-state index in [-0.39, 0.29) is 24.0 Å². The number of aromatic nitrogens is 3. The first-order chi connectivity index (χ1) is 14.9. The predicted molar refractivity (Wildman–Crippen MR) is 119 cm³/mol. The van der Waals surface area contributed by atoms with Gasteiger partial charge >= 0.3 is 0 Å². The molecule has 1 aliphatic rings. The van der Waals surface area contributed by atoms with E-state index in [1.165, 1.54) is 0 Å². The summed E-state index contributed by atoms with van der Waals surface area (Å²) in [7, 11) is 4.03. The zero-order valence-electron chi connectivity index (χ0n) is 17.2. The molecular weight excluding hydrogens is 419 g/mol. The van der Waals surface area contributed by atoms with Crippen LogP contribution in [0, 0.1) is 5.95 Å². The number of carbonyl (C=O) groups excluding carboxylic acids is 1. The molecule has 0 unspecified atom stereocenters. The third-order valence-corrected chi connectivity index (χ3v) is 5.17. The monoisotopic (exact) mass is 440 g/mol. The lowest BCUT2D eigenvalue weighted by molar-refractivity contribution is -0.115. The Labute approximate surface area is 184 Å². The number of benzene rings is 1. The molecule has 31 heavy (non-hydrogen) atoms. The number of rotatable bonds is 6. The number of halogens is 2. The summed E-state index contributed by atoms with van der Waals surface area (Å²) in [6.07, 6.45) is 4.99. The summed E-state index contributed by atoms with van der Waals surface area (Å²) in [5, 5.41) is 6.28. The molecule has 1 amide bonds. The van der Waals surface area contributed by atoms with Crippen LogP contribution in [0.2, 0.25) is 5.02 Å². The fourth-order valence-electron chi connectivity index (χ4n) is 3.46. The molecule has 0 radical (unpaired) electrons. The average Bonchev–Trinajstić information content (AvgIpc) is 2.84. The summed E-state index contributed by atoms with van der Waals surface area (Å²) < 4.78 is 14.3. The number of nitrogens with one attached hydrogen (secondary N) is 2. The van der Waals surface area contributed by atoms with Gasteiger partial charge in [-0.05, 0) is 63.3 Å². The van der Waals surface area contributed by atoms with Crippen molar-refractivity contribution in [2.24, 2.45) is 0 Å². The van der Waals surface area contributed by atoms with Gasteiger partial charge in [-0.15, -0.1) is 0 Å².